The van der Waals surface area contributed by atoms with Crippen molar-refractivity contribution >= 4 is 12.1 Å². The van der Waals surface area contributed by atoms with Crippen molar-refractivity contribution in [1.82, 2.24) is 5.32 Å². The first-order valence-electron chi connectivity index (χ1n) is 7.01. The van der Waals surface area contributed by atoms with E-state index in [1.54, 1.807) is 32.9 Å². The van der Waals surface area contributed by atoms with E-state index < -0.39 is 17.7 Å². The first-order chi connectivity index (χ1) is 9.67. The standard InChI is InChI=1S/C16H21NO4/c1-9-5-6-10(14(18)19)11(7-9)12-8-13(12)17-15(20)21-16(2,3)4/h5-7,12-13H,8H2,1-4H3,(H,17,20)(H,18,19)/t12-,13+/m0/s1. The number of ether oxygens (including phenoxy) is 1. The van der Waals surface area contributed by atoms with E-state index in [1.165, 1.54) is 0 Å². The van der Waals surface area contributed by atoms with Crippen molar-refractivity contribution in [1.29, 1.82) is 0 Å². The van der Waals surface area contributed by atoms with Crippen molar-refractivity contribution in [3.8, 4) is 0 Å². The van der Waals surface area contributed by atoms with Gasteiger partial charge >= 0.3 is 12.1 Å². The van der Waals surface area contributed by atoms with Crippen LogP contribution in [0.15, 0.2) is 18.2 Å². The van der Waals surface area contributed by atoms with E-state index in [4.69, 9.17) is 4.74 Å². The van der Waals surface area contributed by atoms with Crippen molar-refractivity contribution in [3.63, 3.8) is 0 Å². The molecule has 0 heterocycles. The lowest BCUT2D eigenvalue weighted by molar-refractivity contribution is 0.0522. The summed E-state index contributed by atoms with van der Waals surface area (Å²) in [6.45, 7) is 7.34. The molecule has 1 aliphatic rings. The van der Waals surface area contributed by atoms with Crippen molar-refractivity contribution < 1.29 is 19.4 Å². The van der Waals surface area contributed by atoms with Gasteiger partial charge in [-0.3, -0.25) is 0 Å². The Hall–Kier alpha value is -2.04. The van der Waals surface area contributed by atoms with E-state index >= 15 is 0 Å². The quantitative estimate of drug-likeness (QED) is 0.897. The summed E-state index contributed by atoms with van der Waals surface area (Å²) in [6.07, 6.45) is 0.280. The number of carboxylic acid groups (broad SMARTS) is 1. The Balaban J connectivity index is 2.05. The van der Waals surface area contributed by atoms with E-state index in [-0.39, 0.29) is 12.0 Å². The molecule has 1 aromatic rings. The number of carbonyl (C=O) groups is 2. The number of hydrogen-bond acceptors (Lipinski definition) is 3. The minimum atomic E-state index is -0.937. The van der Waals surface area contributed by atoms with Crippen LogP contribution in [-0.2, 0) is 4.74 Å². The molecule has 1 fully saturated rings. The molecule has 0 saturated heterocycles. The number of rotatable bonds is 3. The van der Waals surface area contributed by atoms with Crippen molar-refractivity contribution in [2.45, 2.75) is 51.7 Å². The summed E-state index contributed by atoms with van der Waals surface area (Å²) in [6, 6.07) is 5.23. The maximum atomic E-state index is 11.7. The number of aromatic carboxylic acids is 1. The number of alkyl carbamates (subject to hydrolysis) is 1. The molecule has 114 valence electrons. The van der Waals surface area contributed by atoms with Crippen molar-refractivity contribution in [2.24, 2.45) is 0 Å². The van der Waals surface area contributed by atoms with Crippen LogP contribution in [0.4, 0.5) is 4.79 Å². The number of aryl methyl sites for hydroxylation is 1. The largest absolute Gasteiger partial charge is 0.478 e. The van der Waals surface area contributed by atoms with Gasteiger partial charge in [-0.15, -0.1) is 0 Å². The number of carbonyl (C=O) groups excluding carboxylic acids is 1. The SMILES string of the molecule is Cc1ccc(C(=O)O)c([C@@H]2C[C@H]2NC(=O)OC(C)(C)C)c1. The fourth-order valence-corrected chi connectivity index (χ4v) is 2.34. The van der Waals surface area contributed by atoms with Gasteiger partial charge in [0, 0.05) is 12.0 Å². The van der Waals surface area contributed by atoms with Gasteiger partial charge in [-0.25, -0.2) is 9.59 Å². The monoisotopic (exact) mass is 291 g/mol. The van der Waals surface area contributed by atoms with Crippen LogP contribution in [0.2, 0.25) is 0 Å². The summed E-state index contributed by atoms with van der Waals surface area (Å²) in [4.78, 5) is 23.0. The Bertz CT molecular complexity index is 574. The minimum Gasteiger partial charge on any atom is -0.478 e. The Kier molecular flexibility index (Phi) is 3.94. The smallest absolute Gasteiger partial charge is 0.407 e. The van der Waals surface area contributed by atoms with Gasteiger partial charge < -0.3 is 15.2 Å². The number of benzene rings is 1. The summed E-state index contributed by atoms with van der Waals surface area (Å²) in [7, 11) is 0. The number of nitrogens with one attached hydrogen (secondary N) is 1. The third kappa shape index (κ3) is 3.97. The number of amides is 1. The first kappa shape index (κ1) is 15.4. The van der Waals surface area contributed by atoms with Crippen LogP contribution < -0.4 is 5.32 Å². The predicted octanol–water partition coefficient (Wildman–Crippen LogP) is 3.07. The molecule has 1 saturated carbocycles. The Morgan fingerprint density at radius 2 is 2.00 bits per heavy atom. The van der Waals surface area contributed by atoms with Crippen LogP contribution in [0.5, 0.6) is 0 Å². The first-order valence-corrected chi connectivity index (χ1v) is 7.01. The summed E-state index contributed by atoms with van der Waals surface area (Å²) < 4.78 is 5.21. The normalized spacial score (nSPS) is 20.8. The summed E-state index contributed by atoms with van der Waals surface area (Å²) >= 11 is 0. The van der Waals surface area contributed by atoms with Crippen LogP contribution in [-0.4, -0.2) is 28.8 Å². The molecule has 1 aromatic carbocycles. The van der Waals surface area contributed by atoms with Crippen molar-refractivity contribution in [2.75, 3.05) is 0 Å². The Labute approximate surface area is 124 Å². The highest BCUT2D eigenvalue weighted by atomic mass is 16.6. The fourth-order valence-electron chi connectivity index (χ4n) is 2.34. The Morgan fingerprint density at radius 1 is 1.33 bits per heavy atom. The van der Waals surface area contributed by atoms with E-state index in [0.717, 1.165) is 17.5 Å². The number of hydrogen-bond donors (Lipinski definition) is 2. The van der Waals surface area contributed by atoms with Gasteiger partial charge in [-0.2, -0.15) is 0 Å². The van der Waals surface area contributed by atoms with Crippen LogP contribution in [0.1, 0.15) is 54.6 Å². The maximum Gasteiger partial charge on any atom is 0.407 e. The molecule has 0 aromatic heterocycles. The zero-order valence-corrected chi connectivity index (χ0v) is 12.8. The average Bonchev–Trinajstić information content (AvgIpc) is 3.04. The van der Waals surface area contributed by atoms with Crippen LogP contribution >= 0.6 is 0 Å². The van der Waals surface area contributed by atoms with E-state index in [2.05, 4.69) is 5.32 Å². The molecule has 21 heavy (non-hydrogen) atoms. The minimum absolute atomic E-state index is 0.0449. The lowest BCUT2D eigenvalue weighted by Gasteiger charge is -2.19. The van der Waals surface area contributed by atoms with Crippen LogP contribution in [0.3, 0.4) is 0 Å². The summed E-state index contributed by atoms with van der Waals surface area (Å²) in [5.41, 5.74) is 1.56. The highest BCUT2D eigenvalue weighted by molar-refractivity contribution is 5.90. The second kappa shape index (κ2) is 5.39. The zero-order chi connectivity index (χ0) is 15.8. The third-order valence-corrected chi connectivity index (χ3v) is 3.33. The van der Waals surface area contributed by atoms with Gasteiger partial charge in [0.25, 0.3) is 0 Å². The van der Waals surface area contributed by atoms with E-state index in [1.807, 2.05) is 13.0 Å². The molecule has 5 nitrogen and oxygen atoms in total. The highest BCUT2D eigenvalue weighted by Crippen LogP contribution is 2.42. The molecule has 2 rings (SSSR count). The number of carboxylic acids is 1. The molecule has 0 aliphatic heterocycles. The average molecular weight is 291 g/mol. The van der Waals surface area contributed by atoms with E-state index in [0.29, 0.717) is 5.56 Å². The van der Waals surface area contributed by atoms with E-state index in [9.17, 15) is 14.7 Å². The van der Waals surface area contributed by atoms with Crippen LogP contribution in [0.25, 0.3) is 0 Å². The molecule has 1 amide bonds. The molecule has 0 unspecified atom stereocenters. The van der Waals surface area contributed by atoms with Crippen molar-refractivity contribution in [3.05, 3.63) is 34.9 Å². The lowest BCUT2D eigenvalue weighted by atomic mass is 10.0. The molecule has 0 bridgehead atoms. The lowest BCUT2D eigenvalue weighted by Crippen LogP contribution is -2.34. The molecule has 0 radical (unpaired) electrons. The summed E-state index contributed by atoms with van der Waals surface area (Å²) in [5.74, 6) is -0.892. The fraction of sp³-hybridized carbons (Fsp3) is 0.500. The zero-order valence-electron chi connectivity index (χ0n) is 12.8. The van der Waals surface area contributed by atoms with Gasteiger partial charge in [-0.05, 0) is 45.7 Å². The molecule has 2 N–H and O–H groups in total. The third-order valence-electron chi connectivity index (χ3n) is 3.33. The molecule has 1 aliphatic carbocycles. The Morgan fingerprint density at radius 3 is 2.57 bits per heavy atom. The van der Waals surface area contributed by atoms with Gasteiger partial charge in [0.15, 0.2) is 0 Å². The molecule has 2 atom stereocenters. The predicted molar refractivity (Wildman–Crippen MR) is 78.7 cm³/mol. The van der Waals surface area contributed by atoms with Gasteiger partial charge in [0.1, 0.15) is 5.60 Å². The molecule has 0 spiro atoms. The van der Waals surface area contributed by atoms with Gasteiger partial charge in [-0.1, -0.05) is 17.7 Å². The topological polar surface area (TPSA) is 75.6 Å². The highest BCUT2D eigenvalue weighted by Gasteiger charge is 2.42. The molecular weight excluding hydrogens is 270 g/mol. The van der Waals surface area contributed by atoms with Crippen LogP contribution in [0, 0.1) is 6.92 Å². The second-order valence-corrected chi connectivity index (χ2v) is 6.49. The summed E-state index contributed by atoms with van der Waals surface area (Å²) in [5, 5.41) is 12.0. The van der Waals surface area contributed by atoms with Gasteiger partial charge in [0.05, 0.1) is 5.56 Å². The maximum absolute atomic E-state index is 11.7. The van der Waals surface area contributed by atoms with Gasteiger partial charge in [0.2, 0.25) is 0 Å². The molecule has 5 heteroatoms. The molecular formula is C16H21NO4. The second-order valence-electron chi connectivity index (χ2n) is 6.49.